The van der Waals surface area contributed by atoms with Gasteiger partial charge >= 0.3 is 6.03 Å². The van der Waals surface area contributed by atoms with Gasteiger partial charge in [0.2, 0.25) is 0 Å². The summed E-state index contributed by atoms with van der Waals surface area (Å²) in [6.07, 6.45) is 1.04. The third-order valence-electron chi connectivity index (χ3n) is 3.54. The fraction of sp³-hybridized carbons (Fsp3) is 0.909. The minimum Gasteiger partial charge on any atom is -0.384 e. The molecule has 0 aromatic carbocycles. The average Bonchev–Trinajstić information content (AvgIpc) is 2.58. The molecule has 2 rings (SSSR count). The molecular formula is C11H20N2O3. The molecule has 0 N–H and O–H groups in total. The van der Waals surface area contributed by atoms with Crippen LogP contribution in [0.1, 0.15) is 6.42 Å². The van der Waals surface area contributed by atoms with E-state index in [-0.39, 0.29) is 11.6 Å². The van der Waals surface area contributed by atoms with E-state index in [4.69, 9.17) is 9.47 Å². The summed E-state index contributed by atoms with van der Waals surface area (Å²) in [6.45, 7) is 2.93. The number of amides is 2. The molecule has 2 aliphatic rings. The van der Waals surface area contributed by atoms with E-state index in [2.05, 4.69) is 0 Å². The Morgan fingerprint density at radius 2 is 2.25 bits per heavy atom. The molecule has 0 bridgehead atoms. The number of likely N-dealkylation sites (tertiary alicyclic amines) is 1. The molecule has 0 aromatic heterocycles. The van der Waals surface area contributed by atoms with Gasteiger partial charge in [0.1, 0.15) is 5.60 Å². The number of carbonyl (C=O) groups is 1. The van der Waals surface area contributed by atoms with Crippen molar-refractivity contribution in [3.05, 3.63) is 0 Å². The second-order valence-electron chi connectivity index (χ2n) is 4.89. The van der Waals surface area contributed by atoms with E-state index in [0.29, 0.717) is 19.0 Å². The molecule has 0 unspecified atom stereocenters. The molecule has 1 spiro atoms. The summed E-state index contributed by atoms with van der Waals surface area (Å²) < 4.78 is 11.0. The van der Waals surface area contributed by atoms with Crippen LogP contribution in [-0.2, 0) is 9.47 Å². The zero-order chi connectivity index (χ0) is 11.8. The number of hydrogen-bond donors (Lipinski definition) is 0. The quantitative estimate of drug-likeness (QED) is 0.687. The minimum atomic E-state index is -0.123. The van der Waals surface area contributed by atoms with Gasteiger partial charge in [0.25, 0.3) is 0 Å². The van der Waals surface area contributed by atoms with Gasteiger partial charge in [0.15, 0.2) is 0 Å². The minimum absolute atomic E-state index is 0.0669. The molecule has 0 radical (unpaired) electrons. The molecule has 5 heteroatoms. The van der Waals surface area contributed by atoms with Crippen LogP contribution in [0.2, 0.25) is 0 Å². The fourth-order valence-corrected chi connectivity index (χ4v) is 2.59. The summed E-state index contributed by atoms with van der Waals surface area (Å²) in [5, 5.41) is 0. The van der Waals surface area contributed by atoms with Gasteiger partial charge in [-0.2, -0.15) is 0 Å². The Morgan fingerprint density at radius 3 is 2.81 bits per heavy atom. The van der Waals surface area contributed by atoms with Crippen molar-refractivity contribution in [1.29, 1.82) is 0 Å². The Morgan fingerprint density at radius 1 is 1.56 bits per heavy atom. The predicted molar refractivity (Wildman–Crippen MR) is 59.3 cm³/mol. The van der Waals surface area contributed by atoms with Gasteiger partial charge in [-0.1, -0.05) is 0 Å². The fourth-order valence-electron chi connectivity index (χ4n) is 2.59. The van der Waals surface area contributed by atoms with Gasteiger partial charge in [-0.15, -0.1) is 0 Å². The molecule has 2 fully saturated rings. The van der Waals surface area contributed by atoms with Crippen molar-refractivity contribution in [2.24, 2.45) is 5.92 Å². The van der Waals surface area contributed by atoms with Crippen LogP contribution in [0.5, 0.6) is 0 Å². The van der Waals surface area contributed by atoms with Gasteiger partial charge in [-0.3, -0.25) is 0 Å². The first-order chi connectivity index (χ1) is 7.59. The van der Waals surface area contributed by atoms with Crippen molar-refractivity contribution < 1.29 is 14.3 Å². The summed E-state index contributed by atoms with van der Waals surface area (Å²) in [7, 11) is 5.26. The van der Waals surface area contributed by atoms with Crippen molar-refractivity contribution in [3.63, 3.8) is 0 Å². The molecule has 16 heavy (non-hydrogen) atoms. The summed E-state index contributed by atoms with van der Waals surface area (Å²) in [5.74, 6) is 0.434. The van der Waals surface area contributed by atoms with E-state index in [0.717, 1.165) is 19.6 Å². The smallest absolute Gasteiger partial charge is 0.319 e. The molecule has 2 amide bonds. The normalized spacial score (nSPS) is 26.9. The Labute approximate surface area is 96.3 Å². The third kappa shape index (κ3) is 1.78. The number of carbonyl (C=O) groups excluding carboxylic acids is 1. The van der Waals surface area contributed by atoms with Crippen molar-refractivity contribution in [2.45, 2.75) is 12.0 Å². The van der Waals surface area contributed by atoms with Crippen molar-refractivity contribution in [1.82, 2.24) is 9.80 Å². The maximum absolute atomic E-state index is 11.7. The molecule has 2 heterocycles. The van der Waals surface area contributed by atoms with Crippen LogP contribution in [0.15, 0.2) is 0 Å². The van der Waals surface area contributed by atoms with Crippen LogP contribution in [0.25, 0.3) is 0 Å². The Balaban J connectivity index is 1.92. The molecule has 0 aromatic rings. The van der Waals surface area contributed by atoms with Crippen LogP contribution < -0.4 is 0 Å². The lowest BCUT2D eigenvalue weighted by Gasteiger charge is -2.50. The number of urea groups is 1. The van der Waals surface area contributed by atoms with Gasteiger partial charge in [-0.05, 0) is 6.42 Å². The van der Waals surface area contributed by atoms with Crippen LogP contribution in [0.3, 0.4) is 0 Å². The maximum Gasteiger partial charge on any atom is 0.319 e. The summed E-state index contributed by atoms with van der Waals surface area (Å²) in [6, 6.07) is 0.0669. The van der Waals surface area contributed by atoms with Gasteiger partial charge < -0.3 is 19.3 Å². The Kier molecular flexibility index (Phi) is 3.08. The number of methoxy groups -OCH3 is 1. The summed E-state index contributed by atoms with van der Waals surface area (Å²) >= 11 is 0. The first kappa shape index (κ1) is 11.7. The van der Waals surface area contributed by atoms with Crippen LogP contribution in [-0.4, -0.2) is 68.9 Å². The number of nitrogens with zero attached hydrogens (tertiary/aromatic N) is 2. The Bertz CT molecular complexity index is 274. The molecule has 1 atom stereocenters. The van der Waals surface area contributed by atoms with Gasteiger partial charge in [-0.25, -0.2) is 4.79 Å². The van der Waals surface area contributed by atoms with E-state index >= 15 is 0 Å². The molecule has 0 aliphatic carbocycles. The Hall–Kier alpha value is -0.810. The standard InChI is InChI=1S/C11H20N2O3/c1-12(2)10(14)13-7-11(8-13)9(6-15-3)4-5-16-11/h9H,4-8H2,1-3H3/t9-/m0/s1. The maximum atomic E-state index is 11.7. The molecule has 2 saturated heterocycles. The first-order valence-electron chi connectivity index (χ1n) is 5.68. The lowest BCUT2D eigenvalue weighted by Crippen LogP contribution is -2.67. The highest BCUT2D eigenvalue weighted by Gasteiger charge is 2.54. The first-order valence-corrected chi connectivity index (χ1v) is 5.68. The van der Waals surface area contributed by atoms with Crippen LogP contribution in [0, 0.1) is 5.92 Å². The highest BCUT2D eigenvalue weighted by Crippen LogP contribution is 2.40. The highest BCUT2D eigenvalue weighted by molar-refractivity contribution is 5.75. The van der Waals surface area contributed by atoms with E-state index < -0.39 is 0 Å². The zero-order valence-electron chi connectivity index (χ0n) is 10.2. The molecule has 2 aliphatic heterocycles. The molecular weight excluding hydrogens is 208 g/mol. The SMILES string of the molecule is COC[C@@H]1CCOC12CN(C(=O)N(C)C)C2. The predicted octanol–water partition coefficient (Wildman–Crippen LogP) is 0.405. The van der Waals surface area contributed by atoms with E-state index in [9.17, 15) is 4.79 Å². The van der Waals surface area contributed by atoms with Crippen molar-refractivity contribution >= 4 is 6.03 Å². The highest BCUT2D eigenvalue weighted by atomic mass is 16.5. The van der Waals surface area contributed by atoms with E-state index in [1.54, 1.807) is 26.1 Å². The molecule has 0 saturated carbocycles. The lowest BCUT2D eigenvalue weighted by molar-refractivity contribution is -0.125. The third-order valence-corrected chi connectivity index (χ3v) is 3.54. The van der Waals surface area contributed by atoms with Crippen molar-refractivity contribution in [2.75, 3.05) is 47.5 Å². The van der Waals surface area contributed by atoms with Gasteiger partial charge in [0.05, 0.1) is 19.7 Å². The average molecular weight is 228 g/mol. The number of rotatable bonds is 2. The second kappa shape index (κ2) is 4.22. The summed E-state index contributed by atoms with van der Waals surface area (Å²) in [4.78, 5) is 15.1. The molecule has 5 nitrogen and oxygen atoms in total. The lowest BCUT2D eigenvalue weighted by atomic mass is 9.81. The van der Waals surface area contributed by atoms with Crippen molar-refractivity contribution in [3.8, 4) is 0 Å². The topological polar surface area (TPSA) is 42.0 Å². The second-order valence-corrected chi connectivity index (χ2v) is 4.89. The van der Waals surface area contributed by atoms with E-state index in [1.807, 2.05) is 4.90 Å². The summed E-state index contributed by atoms with van der Waals surface area (Å²) in [5.41, 5.74) is -0.123. The number of hydrogen-bond acceptors (Lipinski definition) is 3. The number of ether oxygens (including phenoxy) is 2. The zero-order valence-corrected chi connectivity index (χ0v) is 10.2. The van der Waals surface area contributed by atoms with E-state index in [1.165, 1.54) is 0 Å². The van der Waals surface area contributed by atoms with Crippen LogP contribution in [0.4, 0.5) is 4.79 Å². The molecule has 92 valence electrons. The van der Waals surface area contributed by atoms with Gasteiger partial charge in [0, 0.05) is 33.7 Å². The van der Waals surface area contributed by atoms with Crippen LogP contribution >= 0.6 is 0 Å². The largest absolute Gasteiger partial charge is 0.384 e. The monoisotopic (exact) mass is 228 g/mol.